The molecule has 1 atom stereocenters. The quantitative estimate of drug-likeness (QED) is 0.505. The fourth-order valence-corrected chi connectivity index (χ4v) is 3.47. The first-order valence-electron chi connectivity index (χ1n) is 9.84. The predicted molar refractivity (Wildman–Crippen MR) is 117 cm³/mol. The van der Waals surface area contributed by atoms with E-state index in [1.807, 2.05) is 51.1 Å². The lowest BCUT2D eigenvalue weighted by Gasteiger charge is -2.22. The molecule has 3 aromatic rings. The van der Waals surface area contributed by atoms with Gasteiger partial charge < -0.3 is 14.5 Å². The largest absolute Gasteiger partial charge is 0.444 e. The SMILES string of the molecule is Cc1ccc(CSc2nnc(C(Cc3ccccc3)NC(=O)OC(C)(C)C)o2)cc1. The summed E-state index contributed by atoms with van der Waals surface area (Å²) in [5.74, 6) is 1.08. The van der Waals surface area contributed by atoms with E-state index in [2.05, 4.69) is 46.7 Å². The molecule has 1 aromatic heterocycles. The number of nitrogens with one attached hydrogen (secondary N) is 1. The molecule has 1 N–H and O–H groups in total. The van der Waals surface area contributed by atoms with Gasteiger partial charge in [0.15, 0.2) is 0 Å². The van der Waals surface area contributed by atoms with Crippen molar-refractivity contribution in [3.8, 4) is 0 Å². The van der Waals surface area contributed by atoms with Crippen molar-refractivity contribution in [1.29, 1.82) is 0 Å². The van der Waals surface area contributed by atoms with Crippen LogP contribution in [0.4, 0.5) is 4.79 Å². The maximum absolute atomic E-state index is 12.3. The number of hydrogen-bond donors (Lipinski definition) is 1. The van der Waals surface area contributed by atoms with Gasteiger partial charge in [0.05, 0.1) is 0 Å². The Bertz CT molecular complexity index is 950. The summed E-state index contributed by atoms with van der Waals surface area (Å²) >= 11 is 1.47. The van der Waals surface area contributed by atoms with E-state index in [1.165, 1.54) is 22.9 Å². The van der Waals surface area contributed by atoms with E-state index in [1.54, 1.807) is 0 Å². The first kappa shape index (κ1) is 21.9. The number of carbonyl (C=O) groups is 1. The summed E-state index contributed by atoms with van der Waals surface area (Å²) in [6, 6.07) is 17.7. The summed E-state index contributed by atoms with van der Waals surface area (Å²) in [6.07, 6.45) is 0.000134. The van der Waals surface area contributed by atoms with Crippen molar-refractivity contribution < 1.29 is 13.9 Å². The lowest BCUT2D eigenvalue weighted by Crippen LogP contribution is -2.36. The van der Waals surface area contributed by atoms with Crippen LogP contribution in [0.1, 0.15) is 49.4 Å². The van der Waals surface area contributed by atoms with Crippen LogP contribution in [0.15, 0.2) is 64.2 Å². The van der Waals surface area contributed by atoms with Gasteiger partial charge in [-0.15, -0.1) is 10.2 Å². The van der Waals surface area contributed by atoms with Gasteiger partial charge in [-0.05, 0) is 38.8 Å². The number of benzene rings is 2. The molecule has 158 valence electrons. The Hall–Kier alpha value is -2.80. The molecule has 0 saturated heterocycles. The fraction of sp³-hybridized carbons (Fsp3) is 0.348. The zero-order chi connectivity index (χ0) is 21.6. The van der Waals surface area contributed by atoms with Gasteiger partial charge in [0.2, 0.25) is 5.89 Å². The van der Waals surface area contributed by atoms with E-state index in [-0.39, 0.29) is 0 Å². The predicted octanol–water partition coefficient (Wildman–Crippen LogP) is 5.48. The van der Waals surface area contributed by atoms with Crippen LogP contribution in [0.2, 0.25) is 0 Å². The maximum Gasteiger partial charge on any atom is 0.408 e. The van der Waals surface area contributed by atoms with Crippen LogP contribution in [0.5, 0.6) is 0 Å². The van der Waals surface area contributed by atoms with Crippen LogP contribution in [-0.2, 0) is 16.9 Å². The average molecular weight is 426 g/mol. The van der Waals surface area contributed by atoms with Gasteiger partial charge in [0, 0.05) is 12.2 Å². The number of rotatable bonds is 7. The highest BCUT2D eigenvalue weighted by Gasteiger charge is 2.25. The highest BCUT2D eigenvalue weighted by Crippen LogP contribution is 2.25. The maximum atomic E-state index is 12.3. The van der Waals surface area contributed by atoms with Gasteiger partial charge in [-0.1, -0.05) is 71.9 Å². The Kier molecular flexibility index (Phi) is 7.15. The second-order valence-electron chi connectivity index (χ2n) is 8.07. The molecule has 0 bridgehead atoms. The molecule has 0 spiro atoms. The standard InChI is InChI=1S/C23H27N3O3S/c1-16-10-12-18(13-11-16)15-30-22-26-25-20(28-22)19(14-17-8-6-5-7-9-17)24-21(27)29-23(2,3)4/h5-13,19H,14-15H2,1-4H3,(H,24,27). The highest BCUT2D eigenvalue weighted by atomic mass is 32.2. The van der Waals surface area contributed by atoms with Crippen molar-refractivity contribution in [2.45, 2.75) is 56.7 Å². The number of ether oxygens (including phenoxy) is 1. The number of carbonyl (C=O) groups excluding carboxylic acids is 1. The lowest BCUT2D eigenvalue weighted by molar-refractivity contribution is 0.0494. The van der Waals surface area contributed by atoms with Crippen LogP contribution in [0.25, 0.3) is 0 Å². The first-order chi connectivity index (χ1) is 14.3. The van der Waals surface area contributed by atoms with E-state index in [0.717, 1.165) is 11.3 Å². The topological polar surface area (TPSA) is 77.2 Å². The van der Waals surface area contributed by atoms with Gasteiger partial charge in [-0.25, -0.2) is 4.79 Å². The van der Waals surface area contributed by atoms with Gasteiger partial charge >= 0.3 is 6.09 Å². The van der Waals surface area contributed by atoms with Crippen molar-refractivity contribution in [2.24, 2.45) is 0 Å². The van der Waals surface area contributed by atoms with Crippen molar-refractivity contribution in [3.05, 3.63) is 77.2 Å². The first-order valence-corrected chi connectivity index (χ1v) is 10.8. The summed E-state index contributed by atoms with van der Waals surface area (Å²) in [5.41, 5.74) is 2.86. The Morgan fingerprint density at radius 3 is 2.43 bits per heavy atom. The summed E-state index contributed by atoms with van der Waals surface area (Å²) in [6.45, 7) is 7.54. The number of alkyl carbamates (subject to hydrolysis) is 1. The molecule has 1 unspecified atom stereocenters. The lowest BCUT2D eigenvalue weighted by atomic mass is 10.1. The normalized spacial score (nSPS) is 12.4. The Labute approximate surface area is 181 Å². The van der Waals surface area contributed by atoms with E-state index >= 15 is 0 Å². The molecule has 7 heteroatoms. The number of aryl methyl sites for hydroxylation is 1. The van der Waals surface area contributed by atoms with Crippen LogP contribution in [0.3, 0.4) is 0 Å². The summed E-state index contributed by atoms with van der Waals surface area (Å²) in [7, 11) is 0. The molecule has 2 aromatic carbocycles. The van der Waals surface area contributed by atoms with Crippen LogP contribution in [0, 0.1) is 6.92 Å². The molecule has 0 radical (unpaired) electrons. The second kappa shape index (κ2) is 9.80. The monoisotopic (exact) mass is 425 g/mol. The summed E-state index contributed by atoms with van der Waals surface area (Å²) < 4.78 is 11.3. The molecule has 0 fully saturated rings. The van der Waals surface area contributed by atoms with Crippen LogP contribution < -0.4 is 5.32 Å². The molecule has 0 aliphatic carbocycles. The van der Waals surface area contributed by atoms with E-state index < -0.39 is 17.7 Å². The Morgan fingerprint density at radius 1 is 1.07 bits per heavy atom. The van der Waals surface area contributed by atoms with E-state index in [0.29, 0.717) is 17.5 Å². The third-order valence-corrected chi connectivity index (χ3v) is 5.07. The molecule has 6 nitrogen and oxygen atoms in total. The minimum absolute atomic E-state index is 0.358. The van der Waals surface area contributed by atoms with E-state index in [4.69, 9.17) is 9.15 Å². The zero-order valence-corrected chi connectivity index (χ0v) is 18.5. The van der Waals surface area contributed by atoms with Crippen molar-refractivity contribution >= 4 is 17.9 Å². The minimum Gasteiger partial charge on any atom is -0.444 e. The molecular formula is C23H27N3O3S. The third-order valence-electron chi connectivity index (χ3n) is 4.18. The highest BCUT2D eigenvalue weighted by molar-refractivity contribution is 7.98. The molecule has 0 saturated carbocycles. The van der Waals surface area contributed by atoms with Crippen LogP contribution >= 0.6 is 11.8 Å². The fourth-order valence-electron chi connectivity index (χ4n) is 2.75. The number of nitrogens with zero attached hydrogens (tertiary/aromatic N) is 2. The van der Waals surface area contributed by atoms with Gasteiger partial charge in [-0.2, -0.15) is 0 Å². The van der Waals surface area contributed by atoms with Crippen molar-refractivity contribution in [2.75, 3.05) is 0 Å². The Balaban J connectivity index is 1.70. The molecule has 1 heterocycles. The zero-order valence-electron chi connectivity index (χ0n) is 17.7. The molecular weight excluding hydrogens is 398 g/mol. The van der Waals surface area contributed by atoms with Crippen LogP contribution in [-0.4, -0.2) is 21.9 Å². The molecule has 0 aliphatic heterocycles. The molecule has 30 heavy (non-hydrogen) atoms. The number of thioether (sulfide) groups is 1. The molecule has 3 rings (SSSR count). The van der Waals surface area contributed by atoms with Gasteiger partial charge in [0.1, 0.15) is 11.6 Å². The minimum atomic E-state index is -0.592. The number of aromatic nitrogens is 2. The van der Waals surface area contributed by atoms with Crippen molar-refractivity contribution in [3.63, 3.8) is 0 Å². The molecule has 0 aliphatic rings. The van der Waals surface area contributed by atoms with Gasteiger partial charge in [0.25, 0.3) is 5.22 Å². The third kappa shape index (κ3) is 6.91. The van der Waals surface area contributed by atoms with E-state index in [9.17, 15) is 4.79 Å². The van der Waals surface area contributed by atoms with Gasteiger partial charge in [-0.3, -0.25) is 0 Å². The average Bonchev–Trinajstić information content (AvgIpc) is 3.15. The summed E-state index contributed by atoms with van der Waals surface area (Å²) in [5, 5.41) is 11.7. The number of hydrogen-bond acceptors (Lipinski definition) is 6. The smallest absolute Gasteiger partial charge is 0.408 e. The second-order valence-corrected chi connectivity index (χ2v) is 9.00. The Morgan fingerprint density at radius 2 is 1.77 bits per heavy atom. The molecule has 1 amide bonds. The number of amides is 1. The summed E-state index contributed by atoms with van der Waals surface area (Å²) in [4.78, 5) is 12.3. The van der Waals surface area contributed by atoms with Crippen molar-refractivity contribution in [1.82, 2.24) is 15.5 Å².